The van der Waals surface area contributed by atoms with Gasteiger partial charge in [-0.3, -0.25) is 9.78 Å². The number of amides is 3. The molecule has 0 spiro atoms. The van der Waals surface area contributed by atoms with Gasteiger partial charge in [-0.2, -0.15) is 0 Å². The molecule has 0 aliphatic carbocycles. The summed E-state index contributed by atoms with van der Waals surface area (Å²) >= 11 is 0. The summed E-state index contributed by atoms with van der Waals surface area (Å²) in [5, 5.41) is 5.83. The van der Waals surface area contributed by atoms with Crippen LogP contribution in [0.2, 0.25) is 0 Å². The fraction of sp³-hybridized carbons (Fsp3) is 0.316. The monoisotopic (exact) mass is 408 g/mol. The fourth-order valence-corrected chi connectivity index (χ4v) is 3.14. The standard InChI is InChI=1S/C19H19F3N4O3/c1-3-24-15-11-23-9-8-12(15)10-18(2)16(27)26(17(28)25-18)13-4-6-14(7-5-13)29-19(20,21)22/h4-9,11,24H,3,10H2,1-2H3,(H,25,28). The third-order valence-electron chi connectivity index (χ3n) is 4.41. The van der Waals surface area contributed by atoms with Gasteiger partial charge in [-0.15, -0.1) is 13.2 Å². The van der Waals surface area contributed by atoms with Crippen molar-refractivity contribution in [2.24, 2.45) is 0 Å². The Labute approximate surface area is 164 Å². The van der Waals surface area contributed by atoms with Crippen LogP contribution in [0.1, 0.15) is 19.4 Å². The number of pyridine rings is 1. The number of anilines is 2. The Kier molecular flexibility index (Phi) is 5.36. The smallest absolute Gasteiger partial charge is 0.406 e. The SMILES string of the molecule is CCNc1cnccc1CC1(C)NC(=O)N(c2ccc(OC(F)(F)F)cc2)C1=O. The number of imide groups is 1. The van der Waals surface area contributed by atoms with Crippen LogP contribution < -0.4 is 20.3 Å². The number of carbonyl (C=O) groups is 2. The van der Waals surface area contributed by atoms with Crippen LogP contribution in [0.4, 0.5) is 29.3 Å². The Balaban J connectivity index is 1.82. The van der Waals surface area contributed by atoms with Crippen molar-refractivity contribution in [1.29, 1.82) is 0 Å². The average molecular weight is 408 g/mol. The van der Waals surface area contributed by atoms with Gasteiger partial charge in [-0.1, -0.05) is 0 Å². The minimum Gasteiger partial charge on any atom is -0.406 e. The first kappa shape index (κ1) is 20.4. The Hall–Kier alpha value is -3.30. The number of hydrogen-bond donors (Lipinski definition) is 2. The van der Waals surface area contributed by atoms with Crippen LogP contribution in [-0.2, 0) is 11.2 Å². The van der Waals surface area contributed by atoms with E-state index in [0.29, 0.717) is 6.54 Å². The number of urea groups is 1. The van der Waals surface area contributed by atoms with E-state index in [1.807, 2.05) is 6.92 Å². The molecular formula is C19H19F3N4O3. The molecule has 154 valence electrons. The predicted molar refractivity (Wildman–Crippen MR) is 99.7 cm³/mol. The van der Waals surface area contributed by atoms with E-state index in [1.54, 1.807) is 25.4 Å². The molecule has 1 unspecified atom stereocenters. The van der Waals surface area contributed by atoms with Gasteiger partial charge in [0.1, 0.15) is 11.3 Å². The van der Waals surface area contributed by atoms with E-state index in [0.717, 1.165) is 28.3 Å². The number of nitrogens with one attached hydrogen (secondary N) is 2. The van der Waals surface area contributed by atoms with Gasteiger partial charge in [0.2, 0.25) is 0 Å². The average Bonchev–Trinajstić information content (AvgIpc) is 2.85. The molecule has 2 aromatic rings. The summed E-state index contributed by atoms with van der Waals surface area (Å²) in [5.41, 5.74) is 0.482. The lowest BCUT2D eigenvalue weighted by Gasteiger charge is -2.23. The van der Waals surface area contributed by atoms with Gasteiger partial charge in [0.05, 0.1) is 17.6 Å². The van der Waals surface area contributed by atoms with Gasteiger partial charge in [0.25, 0.3) is 5.91 Å². The second kappa shape index (κ2) is 7.61. The topological polar surface area (TPSA) is 83.6 Å². The van der Waals surface area contributed by atoms with Crippen LogP contribution in [0, 0.1) is 0 Å². The van der Waals surface area contributed by atoms with Crippen LogP contribution in [-0.4, -0.2) is 35.4 Å². The Morgan fingerprint density at radius 3 is 2.52 bits per heavy atom. The Morgan fingerprint density at radius 2 is 1.90 bits per heavy atom. The lowest BCUT2D eigenvalue weighted by Crippen LogP contribution is -2.46. The predicted octanol–water partition coefficient (Wildman–Crippen LogP) is 3.47. The maximum atomic E-state index is 13.0. The highest BCUT2D eigenvalue weighted by Gasteiger charge is 2.48. The van der Waals surface area contributed by atoms with Gasteiger partial charge in [0.15, 0.2) is 0 Å². The van der Waals surface area contributed by atoms with E-state index in [9.17, 15) is 22.8 Å². The molecule has 0 radical (unpaired) electrons. The highest BCUT2D eigenvalue weighted by atomic mass is 19.4. The first-order chi connectivity index (χ1) is 13.6. The third kappa shape index (κ3) is 4.41. The fourth-order valence-electron chi connectivity index (χ4n) is 3.14. The van der Waals surface area contributed by atoms with E-state index in [1.165, 1.54) is 12.1 Å². The van der Waals surface area contributed by atoms with Crippen molar-refractivity contribution >= 4 is 23.3 Å². The van der Waals surface area contributed by atoms with Crippen LogP contribution >= 0.6 is 0 Å². The van der Waals surface area contributed by atoms with E-state index in [4.69, 9.17) is 0 Å². The molecular weight excluding hydrogens is 389 g/mol. The van der Waals surface area contributed by atoms with Gasteiger partial charge in [-0.25, -0.2) is 9.69 Å². The van der Waals surface area contributed by atoms with Gasteiger partial charge in [0, 0.05) is 19.2 Å². The number of alkyl halides is 3. The molecule has 2 heterocycles. The Morgan fingerprint density at radius 1 is 1.21 bits per heavy atom. The van der Waals surface area contributed by atoms with E-state index in [2.05, 4.69) is 20.4 Å². The van der Waals surface area contributed by atoms with Gasteiger partial charge >= 0.3 is 12.4 Å². The third-order valence-corrected chi connectivity index (χ3v) is 4.41. The maximum absolute atomic E-state index is 13.0. The van der Waals surface area contributed by atoms with E-state index < -0.39 is 29.6 Å². The zero-order valence-electron chi connectivity index (χ0n) is 15.7. The number of hydrogen-bond acceptors (Lipinski definition) is 5. The first-order valence-electron chi connectivity index (χ1n) is 8.82. The van der Waals surface area contributed by atoms with Crippen molar-refractivity contribution < 1.29 is 27.5 Å². The van der Waals surface area contributed by atoms with Crippen LogP contribution in [0.5, 0.6) is 5.75 Å². The highest BCUT2D eigenvalue weighted by molar-refractivity contribution is 6.23. The number of ether oxygens (including phenoxy) is 1. The molecule has 10 heteroatoms. The molecule has 1 saturated heterocycles. The summed E-state index contributed by atoms with van der Waals surface area (Å²) in [6.07, 6.45) is -1.37. The van der Waals surface area contributed by atoms with Crippen LogP contribution in [0.15, 0.2) is 42.7 Å². The van der Waals surface area contributed by atoms with Crippen molar-refractivity contribution in [3.8, 4) is 5.75 Å². The quantitative estimate of drug-likeness (QED) is 0.716. The van der Waals surface area contributed by atoms with Crippen molar-refractivity contribution in [2.45, 2.75) is 32.2 Å². The minimum absolute atomic E-state index is 0.146. The second-order valence-electron chi connectivity index (χ2n) is 6.68. The molecule has 0 bridgehead atoms. The molecule has 1 aliphatic rings. The molecule has 3 amide bonds. The van der Waals surface area contributed by atoms with Crippen molar-refractivity contribution in [3.05, 3.63) is 48.3 Å². The number of benzene rings is 1. The lowest BCUT2D eigenvalue weighted by molar-refractivity contribution is -0.274. The first-order valence-corrected chi connectivity index (χ1v) is 8.82. The lowest BCUT2D eigenvalue weighted by atomic mass is 9.92. The number of rotatable bonds is 6. The molecule has 7 nitrogen and oxygen atoms in total. The number of carbonyl (C=O) groups excluding carboxylic acids is 2. The summed E-state index contributed by atoms with van der Waals surface area (Å²) in [5.74, 6) is -0.950. The zero-order chi connectivity index (χ0) is 21.2. The molecule has 3 rings (SSSR count). The Bertz CT molecular complexity index is 918. The molecule has 0 saturated carbocycles. The summed E-state index contributed by atoms with van der Waals surface area (Å²) in [6, 6.07) is 5.65. The second-order valence-corrected chi connectivity index (χ2v) is 6.68. The summed E-state index contributed by atoms with van der Waals surface area (Å²) in [4.78, 5) is 30.5. The number of aromatic nitrogens is 1. The van der Waals surface area contributed by atoms with Gasteiger partial charge < -0.3 is 15.4 Å². The summed E-state index contributed by atoms with van der Waals surface area (Å²) in [6.45, 7) is 4.19. The number of halogens is 3. The highest BCUT2D eigenvalue weighted by Crippen LogP contribution is 2.31. The molecule has 1 aromatic carbocycles. The maximum Gasteiger partial charge on any atom is 0.573 e. The van der Waals surface area contributed by atoms with Crippen LogP contribution in [0.3, 0.4) is 0 Å². The molecule has 1 fully saturated rings. The van der Waals surface area contributed by atoms with Crippen molar-refractivity contribution in [1.82, 2.24) is 10.3 Å². The normalized spacial score (nSPS) is 19.3. The van der Waals surface area contributed by atoms with Crippen molar-refractivity contribution in [3.63, 3.8) is 0 Å². The molecule has 1 aliphatic heterocycles. The number of nitrogens with zero attached hydrogens (tertiary/aromatic N) is 2. The summed E-state index contributed by atoms with van der Waals surface area (Å²) < 4.78 is 40.7. The van der Waals surface area contributed by atoms with Crippen molar-refractivity contribution in [2.75, 3.05) is 16.8 Å². The largest absolute Gasteiger partial charge is 0.573 e. The molecule has 2 N–H and O–H groups in total. The molecule has 29 heavy (non-hydrogen) atoms. The minimum atomic E-state index is -4.82. The van der Waals surface area contributed by atoms with E-state index in [-0.39, 0.29) is 12.1 Å². The van der Waals surface area contributed by atoms with E-state index >= 15 is 0 Å². The zero-order valence-corrected chi connectivity index (χ0v) is 15.7. The van der Waals surface area contributed by atoms with Gasteiger partial charge in [-0.05, 0) is 49.7 Å². The molecule has 1 atom stereocenters. The summed E-state index contributed by atoms with van der Waals surface area (Å²) in [7, 11) is 0. The molecule has 1 aromatic heterocycles. The van der Waals surface area contributed by atoms with Crippen LogP contribution in [0.25, 0.3) is 0 Å².